The van der Waals surface area contributed by atoms with Gasteiger partial charge in [0.25, 0.3) is 0 Å². The summed E-state index contributed by atoms with van der Waals surface area (Å²) in [5.41, 5.74) is 0. The van der Waals surface area contributed by atoms with Crippen LogP contribution in [0.2, 0.25) is 0 Å². The van der Waals surface area contributed by atoms with E-state index in [-0.39, 0.29) is 0 Å². The van der Waals surface area contributed by atoms with Crippen molar-refractivity contribution in [2.45, 2.75) is 25.8 Å². The molecule has 4 heterocycles. The summed E-state index contributed by atoms with van der Waals surface area (Å²) in [6, 6.07) is 6.67. The number of guanidine groups is 1. The Morgan fingerprint density at radius 1 is 1.10 bits per heavy atom. The Kier molecular flexibility index (Phi) is 6.95. The highest BCUT2D eigenvalue weighted by Crippen LogP contribution is 2.28. The van der Waals surface area contributed by atoms with Gasteiger partial charge < -0.3 is 15.1 Å². The second kappa shape index (κ2) is 10.0. The van der Waals surface area contributed by atoms with E-state index in [2.05, 4.69) is 54.4 Å². The molecule has 0 bridgehead atoms. The molecule has 2 saturated heterocycles. The van der Waals surface area contributed by atoms with Gasteiger partial charge in [0.15, 0.2) is 5.96 Å². The molecular weight excluding hydrogens is 382 g/mol. The van der Waals surface area contributed by atoms with Crippen LogP contribution in [-0.4, -0.2) is 78.1 Å². The lowest BCUT2D eigenvalue weighted by Crippen LogP contribution is -2.53. The summed E-state index contributed by atoms with van der Waals surface area (Å²) in [6.07, 6.45) is 6.22. The molecule has 2 aromatic heterocycles. The average Bonchev–Trinajstić information content (AvgIpc) is 3.49. The maximum Gasteiger partial charge on any atom is 0.225 e. The standard InChI is InChI=1S/C21H31N7S/c1-2-22-20(27-12-14-28(15-13-27)21-23-8-6-9-24-21)25-17-18(19-7-5-16-29-19)26-10-3-4-11-26/h5-9,16,18H,2-4,10-15,17H2,1H3,(H,22,25). The number of nitrogens with one attached hydrogen (secondary N) is 1. The lowest BCUT2D eigenvalue weighted by Gasteiger charge is -2.36. The second-order valence-electron chi connectivity index (χ2n) is 7.49. The molecule has 0 aromatic carbocycles. The van der Waals surface area contributed by atoms with Gasteiger partial charge in [-0.3, -0.25) is 9.89 Å². The van der Waals surface area contributed by atoms with Crippen LogP contribution in [0.15, 0.2) is 41.0 Å². The quantitative estimate of drug-likeness (QED) is 0.580. The van der Waals surface area contributed by atoms with Gasteiger partial charge in [0.2, 0.25) is 5.95 Å². The first-order valence-corrected chi connectivity index (χ1v) is 11.6. The van der Waals surface area contributed by atoms with Crippen LogP contribution in [0.3, 0.4) is 0 Å². The number of anilines is 1. The lowest BCUT2D eigenvalue weighted by atomic mass is 10.2. The molecule has 0 spiro atoms. The Morgan fingerprint density at radius 2 is 1.86 bits per heavy atom. The molecule has 2 aromatic rings. The number of nitrogens with zero attached hydrogens (tertiary/aromatic N) is 6. The second-order valence-corrected chi connectivity index (χ2v) is 8.47. The smallest absolute Gasteiger partial charge is 0.225 e. The molecule has 29 heavy (non-hydrogen) atoms. The molecule has 0 aliphatic carbocycles. The summed E-state index contributed by atoms with van der Waals surface area (Å²) >= 11 is 1.85. The highest BCUT2D eigenvalue weighted by atomic mass is 32.1. The number of piperazine rings is 1. The van der Waals surface area contributed by atoms with E-state index in [1.165, 1.54) is 30.8 Å². The van der Waals surface area contributed by atoms with Crippen LogP contribution >= 0.6 is 11.3 Å². The molecular formula is C21H31N7S. The van der Waals surface area contributed by atoms with Gasteiger partial charge in [0.05, 0.1) is 12.6 Å². The molecule has 1 unspecified atom stereocenters. The molecule has 2 aliphatic heterocycles. The molecule has 1 atom stereocenters. The van der Waals surface area contributed by atoms with Crippen molar-refractivity contribution in [3.05, 3.63) is 40.8 Å². The normalized spacial score (nSPS) is 19.6. The Labute approximate surface area is 177 Å². The molecule has 0 amide bonds. The number of aromatic nitrogens is 2. The molecule has 4 rings (SSSR count). The van der Waals surface area contributed by atoms with Crippen molar-refractivity contribution in [3.63, 3.8) is 0 Å². The van der Waals surface area contributed by atoms with Gasteiger partial charge in [-0.15, -0.1) is 11.3 Å². The number of likely N-dealkylation sites (tertiary alicyclic amines) is 1. The summed E-state index contributed by atoms with van der Waals surface area (Å²) < 4.78 is 0. The Hall–Kier alpha value is -2.19. The molecule has 7 nitrogen and oxygen atoms in total. The van der Waals surface area contributed by atoms with Gasteiger partial charge in [-0.2, -0.15) is 0 Å². The minimum Gasteiger partial charge on any atom is -0.357 e. The molecule has 156 valence electrons. The number of aliphatic imine (C=N–C) groups is 1. The van der Waals surface area contributed by atoms with Crippen molar-refractivity contribution in [2.24, 2.45) is 4.99 Å². The summed E-state index contributed by atoms with van der Waals surface area (Å²) in [5, 5.41) is 5.69. The van der Waals surface area contributed by atoms with E-state index in [0.29, 0.717) is 6.04 Å². The minimum atomic E-state index is 0.394. The third-order valence-corrected chi connectivity index (χ3v) is 6.59. The fraction of sp³-hybridized carbons (Fsp3) is 0.571. The maximum absolute atomic E-state index is 5.08. The van der Waals surface area contributed by atoms with Crippen LogP contribution in [0, 0.1) is 0 Å². The number of hydrogen-bond acceptors (Lipinski definition) is 6. The van der Waals surface area contributed by atoms with Gasteiger partial charge in [-0.25, -0.2) is 9.97 Å². The van der Waals surface area contributed by atoms with Crippen molar-refractivity contribution in [1.29, 1.82) is 0 Å². The van der Waals surface area contributed by atoms with Crippen LogP contribution in [-0.2, 0) is 0 Å². The highest BCUT2D eigenvalue weighted by molar-refractivity contribution is 7.10. The molecule has 0 radical (unpaired) electrons. The first-order chi connectivity index (χ1) is 14.3. The average molecular weight is 414 g/mol. The first-order valence-electron chi connectivity index (χ1n) is 10.7. The first kappa shape index (κ1) is 20.1. The summed E-state index contributed by atoms with van der Waals surface area (Å²) in [7, 11) is 0. The van der Waals surface area contributed by atoms with E-state index < -0.39 is 0 Å². The van der Waals surface area contributed by atoms with Gasteiger partial charge in [0.1, 0.15) is 0 Å². The highest BCUT2D eigenvalue weighted by Gasteiger charge is 2.25. The molecule has 2 aliphatic rings. The van der Waals surface area contributed by atoms with Gasteiger partial charge >= 0.3 is 0 Å². The fourth-order valence-electron chi connectivity index (χ4n) is 4.09. The Bertz CT molecular complexity index is 751. The van der Waals surface area contributed by atoms with Crippen molar-refractivity contribution >= 4 is 23.2 Å². The largest absolute Gasteiger partial charge is 0.357 e. The number of hydrogen-bond donors (Lipinski definition) is 1. The maximum atomic E-state index is 5.08. The minimum absolute atomic E-state index is 0.394. The van der Waals surface area contributed by atoms with Crippen molar-refractivity contribution in [1.82, 2.24) is 25.1 Å². The lowest BCUT2D eigenvalue weighted by molar-refractivity contribution is 0.254. The van der Waals surface area contributed by atoms with E-state index in [4.69, 9.17) is 4.99 Å². The molecule has 8 heteroatoms. The van der Waals surface area contributed by atoms with Crippen LogP contribution in [0.4, 0.5) is 5.95 Å². The van der Waals surface area contributed by atoms with Gasteiger partial charge in [-0.1, -0.05) is 6.07 Å². The summed E-state index contributed by atoms with van der Waals surface area (Å²) in [5.74, 6) is 1.85. The Balaban J connectivity index is 1.42. The van der Waals surface area contributed by atoms with E-state index >= 15 is 0 Å². The van der Waals surface area contributed by atoms with Gasteiger partial charge in [-0.05, 0) is 50.4 Å². The van der Waals surface area contributed by atoms with Crippen LogP contribution in [0.25, 0.3) is 0 Å². The number of thiophene rings is 1. The van der Waals surface area contributed by atoms with Crippen molar-refractivity contribution in [2.75, 3.05) is 57.3 Å². The zero-order valence-electron chi connectivity index (χ0n) is 17.2. The summed E-state index contributed by atoms with van der Waals surface area (Å²) in [6.45, 7) is 9.88. The van der Waals surface area contributed by atoms with E-state index in [0.717, 1.165) is 51.2 Å². The summed E-state index contributed by atoms with van der Waals surface area (Å²) in [4.78, 5) is 22.5. The van der Waals surface area contributed by atoms with Crippen LogP contribution in [0.1, 0.15) is 30.7 Å². The third-order valence-electron chi connectivity index (χ3n) is 5.62. The molecule has 2 fully saturated rings. The Morgan fingerprint density at radius 3 is 2.52 bits per heavy atom. The van der Waals surface area contributed by atoms with Crippen LogP contribution < -0.4 is 10.2 Å². The molecule has 0 saturated carbocycles. The number of rotatable bonds is 6. The topological polar surface area (TPSA) is 59.9 Å². The van der Waals surface area contributed by atoms with Crippen molar-refractivity contribution in [3.8, 4) is 0 Å². The predicted molar refractivity (Wildman–Crippen MR) is 120 cm³/mol. The SMILES string of the molecule is CCNC(=NCC(c1cccs1)N1CCCC1)N1CCN(c2ncccn2)CC1. The van der Waals surface area contributed by atoms with E-state index in [9.17, 15) is 0 Å². The third kappa shape index (κ3) is 5.05. The van der Waals surface area contributed by atoms with Gasteiger partial charge in [0, 0.05) is 50.0 Å². The van der Waals surface area contributed by atoms with Crippen molar-refractivity contribution < 1.29 is 0 Å². The zero-order chi connectivity index (χ0) is 19.9. The zero-order valence-corrected chi connectivity index (χ0v) is 18.0. The van der Waals surface area contributed by atoms with E-state index in [1.54, 1.807) is 0 Å². The van der Waals surface area contributed by atoms with E-state index in [1.807, 2.05) is 29.8 Å². The van der Waals surface area contributed by atoms with Crippen LogP contribution in [0.5, 0.6) is 0 Å². The fourth-order valence-corrected chi connectivity index (χ4v) is 4.94. The molecule has 1 N–H and O–H groups in total. The predicted octanol–water partition coefficient (Wildman–Crippen LogP) is 2.46. The monoisotopic (exact) mass is 413 g/mol.